The number of nitrogens with zero attached hydrogens (tertiary/aromatic N) is 1. The summed E-state index contributed by atoms with van der Waals surface area (Å²) in [5, 5.41) is 3.84. The van der Waals surface area contributed by atoms with Gasteiger partial charge in [0, 0.05) is 30.8 Å². The van der Waals surface area contributed by atoms with E-state index in [4.69, 9.17) is 10.5 Å². The number of nitrogens with two attached hydrogens (primary N) is 1. The highest BCUT2D eigenvalue weighted by molar-refractivity contribution is 7.21. The summed E-state index contributed by atoms with van der Waals surface area (Å²) < 4.78 is 5.02. The number of pyridine rings is 1. The summed E-state index contributed by atoms with van der Waals surface area (Å²) in [6, 6.07) is 2.02. The van der Waals surface area contributed by atoms with Gasteiger partial charge in [0.2, 0.25) is 0 Å². The molecule has 2 aromatic heterocycles. The fraction of sp³-hybridized carbons (Fsp3) is 0.467. The van der Waals surface area contributed by atoms with Crippen LogP contribution in [0.25, 0.3) is 10.2 Å². The van der Waals surface area contributed by atoms with Gasteiger partial charge in [0.1, 0.15) is 9.71 Å². The first-order chi connectivity index (χ1) is 9.93. The van der Waals surface area contributed by atoms with Gasteiger partial charge in [-0.25, -0.2) is 4.98 Å². The Kier molecular flexibility index (Phi) is 4.80. The lowest BCUT2D eigenvalue weighted by molar-refractivity contribution is 0.0934. The third-order valence-corrected chi connectivity index (χ3v) is 4.46. The summed E-state index contributed by atoms with van der Waals surface area (Å²) in [5.74, 6) is -0.142. The number of hydrogen-bond acceptors (Lipinski definition) is 5. The second kappa shape index (κ2) is 6.41. The van der Waals surface area contributed by atoms with Crippen LogP contribution in [0.1, 0.15) is 34.3 Å². The molecule has 0 saturated heterocycles. The van der Waals surface area contributed by atoms with Crippen LogP contribution in [0.5, 0.6) is 0 Å². The highest BCUT2D eigenvalue weighted by atomic mass is 32.1. The number of carbonyl (C=O) groups is 1. The third kappa shape index (κ3) is 3.33. The molecule has 5 nitrogen and oxygen atoms in total. The molecular weight excluding hydrogens is 286 g/mol. The summed E-state index contributed by atoms with van der Waals surface area (Å²) >= 11 is 1.35. The maximum absolute atomic E-state index is 12.4. The lowest BCUT2D eigenvalue weighted by Crippen LogP contribution is -2.33. The Balaban J connectivity index is 2.28. The first kappa shape index (κ1) is 15.7. The van der Waals surface area contributed by atoms with Gasteiger partial charge in [-0.15, -0.1) is 11.3 Å². The first-order valence-electron chi connectivity index (χ1n) is 6.90. The van der Waals surface area contributed by atoms with Crippen molar-refractivity contribution in [1.29, 1.82) is 0 Å². The van der Waals surface area contributed by atoms with E-state index >= 15 is 0 Å². The monoisotopic (exact) mass is 307 g/mol. The summed E-state index contributed by atoms with van der Waals surface area (Å²) in [5.41, 5.74) is 8.66. The Labute approximate surface area is 128 Å². The zero-order chi connectivity index (χ0) is 15.6. The predicted molar refractivity (Wildman–Crippen MR) is 86.9 cm³/mol. The smallest absolute Gasteiger partial charge is 0.263 e. The highest BCUT2D eigenvalue weighted by Gasteiger charge is 2.20. The van der Waals surface area contributed by atoms with Gasteiger partial charge in [-0.2, -0.15) is 0 Å². The molecule has 0 radical (unpaired) electrons. The molecule has 1 amide bonds. The van der Waals surface area contributed by atoms with Crippen LogP contribution in [0.4, 0.5) is 5.69 Å². The number of ether oxygens (including phenoxy) is 1. The van der Waals surface area contributed by atoms with Crippen molar-refractivity contribution in [1.82, 2.24) is 10.3 Å². The van der Waals surface area contributed by atoms with Gasteiger partial charge in [0.25, 0.3) is 5.91 Å². The zero-order valence-corrected chi connectivity index (χ0v) is 13.6. The Morgan fingerprint density at radius 3 is 2.90 bits per heavy atom. The van der Waals surface area contributed by atoms with Gasteiger partial charge in [0.05, 0.1) is 5.69 Å². The van der Waals surface area contributed by atoms with Crippen molar-refractivity contribution in [3.8, 4) is 0 Å². The number of nitrogen functional groups attached to an aromatic ring is 1. The van der Waals surface area contributed by atoms with Crippen LogP contribution in [-0.2, 0) is 4.74 Å². The molecule has 21 heavy (non-hydrogen) atoms. The largest absolute Gasteiger partial charge is 0.397 e. The van der Waals surface area contributed by atoms with Crippen molar-refractivity contribution >= 4 is 33.1 Å². The summed E-state index contributed by atoms with van der Waals surface area (Å²) in [7, 11) is 1.65. The maximum atomic E-state index is 12.4. The molecule has 0 aliphatic heterocycles. The molecule has 0 aliphatic rings. The van der Waals surface area contributed by atoms with Crippen LogP contribution in [-0.4, -0.2) is 30.6 Å². The van der Waals surface area contributed by atoms with Crippen molar-refractivity contribution in [2.45, 2.75) is 33.2 Å². The van der Waals surface area contributed by atoms with Crippen molar-refractivity contribution in [3.63, 3.8) is 0 Å². The molecule has 2 aromatic rings. The van der Waals surface area contributed by atoms with E-state index in [1.54, 1.807) is 7.11 Å². The molecule has 114 valence electrons. The summed E-state index contributed by atoms with van der Waals surface area (Å²) in [6.45, 7) is 6.50. The van der Waals surface area contributed by atoms with E-state index in [2.05, 4.69) is 10.3 Å². The Hall–Kier alpha value is -1.66. The number of aryl methyl sites for hydroxylation is 2. The van der Waals surface area contributed by atoms with Gasteiger partial charge in [-0.1, -0.05) is 0 Å². The van der Waals surface area contributed by atoms with E-state index in [1.165, 1.54) is 11.3 Å². The van der Waals surface area contributed by atoms with E-state index < -0.39 is 0 Å². The Morgan fingerprint density at radius 2 is 2.24 bits per heavy atom. The molecule has 6 heteroatoms. The molecule has 2 rings (SSSR count). The Bertz CT molecular complexity index is 666. The number of rotatable bonds is 5. The number of fused-ring (bicyclic) bond motifs is 1. The van der Waals surface area contributed by atoms with Gasteiger partial charge < -0.3 is 15.8 Å². The molecule has 2 heterocycles. The lowest BCUT2D eigenvalue weighted by Gasteiger charge is -2.12. The average molecular weight is 307 g/mol. The number of carbonyl (C=O) groups excluding carboxylic acids is 1. The molecule has 0 spiro atoms. The van der Waals surface area contributed by atoms with Crippen LogP contribution in [0.2, 0.25) is 0 Å². The number of anilines is 1. The highest BCUT2D eigenvalue weighted by Crippen LogP contribution is 2.34. The summed E-state index contributed by atoms with van der Waals surface area (Å²) in [6.07, 6.45) is 0.767. The quantitative estimate of drug-likeness (QED) is 0.890. The van der Waals surface area contributed by atoms with E-state index in [0.717, 1.165) is 27.9 Å². The second-order valence-corrected chi connectivity index (χ2v) is 6.26. The maximum Gasteiger partial charge on any atom is 0.263 e. The van der Waals surface area contributed by atoms with E-state index in [1.807, 2.05) is 26.8 Å². The molecule has 0 bridgehead atoms. The molecule has 1 unspecified atom stereocenters. The minimum Gasteiger partial charge on any atom is -0.397 e. The fourth-order valence-corrected chi connectivity index (χ4v) is 3.41. The number of amides is 1. The van der Waals surface area contributed by atoms with Crippen molar-refractivity contribution < 1.29 is 9.53 Å². The van der Waals surface area contributed by atoms with E-state index in [-0.39, 0.29) is 11.9 Å². The second-order valence-electron chi connectivity index (χ2n) is 5.26. The topological polar surface area (TPSA) is 77.2 Å². The molecule has 0 fully saturated rings. The van der Waals surface area contributed by atoms with Crippen LogP contribution < -0.4 is 11.1 Å². The molecular formula is C15H21N3O2S. The summed E-state index contributed by atoms with van der Waals surface area (Å²) in [4.78, 5) is 18.2. The van der Waals surface area contributed by atoms with Crippen molar-refractivity contribution in [3.05, 3.63) is 22.2 Å². The zero-order valence-electron chi connectivity index (χ0n) is 12.8. The standard InChI is InChI=1S/C15H21N3O2S/c1-8-7-10(3)18-15-11(8)12(16)13(21-15)14(19)17-9(2)5-6-20-4/h7,9H,5-6,16H2,1-4H3,(H,17,19). The normalized spacial score (nSPS) is 12.6. The number of hydrogen-bond donors (Lipinski definition) is 2. The van der Waals surface area contributed by atoms with Gasteiger partial charge >= 0.3 is 0 Å². The number of aromatic nitrogens is 1. The van der Waals surface area contributed by atoms with E-state index in [9.17, 15) is 4.79 Å². The van der Waals surface area contributed by atoms with Crippen molar-refractivity contribution in [2.24, 2.45) is 0 Å². The molecule has 0 saturated carbocycles. The van der Waals surface area contributed by atoms with Gasteiger partial charge in [-0.05, 0) is 38.8 Å². The van der Waals surface area contributed by atoms with Crippen molar-refractivity contribution in [2.75, 3.05) is 19.5 Å². The third-order valence-electron chi connectivity index (χ3n) is 3.36. The van der Waals surface area contributed by atoms with Gasteiger partial charge in [-0.3, -0.25) is 4.79 Å². The Morgan fingerprint density at radius 1 is 1.52 bits per heavy atom. The molecule has 3 N–H and O–H groups in total. The first-order valence-corrected chi connectivity index (χ1v) is 7.71. The minimum atomic E-state index is -0.142. The van der Waals surface area contributed by atoms with E-state index in [0.29, 0.717) is 17.2 Å². The number of methoxy groups -OCH3 is 1. The van der Waals surface area contributed by atoms with Crippen LogP contribution in [0, 0.1) is 13.8 Å². The molecule has 0 aromatic carbocycles. The number of thiophene rings is 1. The molecule has 0 aliphatic carbocycles. The number of nitrogens with one attached hydrogen (secondary N) is 1. The average Bonchev–Trinajstić information content (AvgIpc) is 2.73. The minimum absolute atomic E-state index is 0.0397. The van der Waals surface area contributed by atoms with Crippen LogP contribution in [0.15, 0.2) is 6.07 Å². The lowest BCUT2D eigenvalue weighted by atomic mass is 10.1. The fourth-order valence-electron chi connectivity index (χ4n) is 2.29. The van der Waals surface area contributed by atoms with Crippen LogP contribution >= 0.6 is 11.3 Å². The predicted octanol–water partition coefficient (Wildman–Crippen LogP) is 2.65. The van der Waals surface area contributed by atoms with Gasteiger partial charge in [0.15, 0.2) is 0 Å². The molecule has 1 atom stereocenters. The van der Waals surface area contributed by atoms with Crippen LogP contribution in [0.3, 0.4) is 0 Å². The SMILES string of the molecule is COCCC(C)NC(=O)c1sc2nc(C)cc(C)c2c1N.